The summed E-state index contributed by atoms with van der Waals surface area (Å²) in [4.78, 5) is 45.3. The molecule has 29 heavy (non-hydrogen) atoms. The molecule has 1 aromatic rings. The number of carbonyl (C=O) groups is 3. The molecule has 1 unspecified atom stereocenters. The minimum Gasteiger partial charge on any atom is -0.488 e. The third-order valence-electron chi connectivity index (χ3n) is 3.79. The van der Waals surface area contributed by atoms with Gasteiger partial charge in [0, 0.05) is 37.9 Å². The molecule has 0 aromatic heterocycles. The van der Waals surface area contributed by atoms with Gasteiger partial charge in [-0.15, -0.1) is 0 Å². The minimum absolute atomic E-state index is 0.106. The third-order valence-corrected chi connectivity index (χ3v) is 3.79. The number of carbonyl (C=O) groups excluding carboxylic acids is 1. The highest BCUT2D eigenvalue weighted by molar-refractivity contribution is 5.97. The second-order valence-electron chi connectivity index (χ2n) is 6.46. The van der Waals surface area contributed by atoms with Crippen LogP contribution in [0.15, 0.2) is 30.4 Å². The number of rotatable bonds is 6. The predicted molar refractivity (Wildman–Crippen MR) is 102 cm³/mol. The van der Waals surface area contributed by atoms with Crippen LogP contribution in [0.5, 0.6) is 5.75 Å². The fourth-order valence-electron chi connectivity index (χ4n) is 2.41. The van der Waals surface area contributed by atoms with Crippen molar-refractivity contribution in [1.29, 1.82) is 0 Å². The van der Waals surface area contributed by atoms with Gasteiger partial charge >= 0.3 is 11.9 Å². The van der Waals surface area contributed by atoms with Crippen LogP contribution in [0.3, 0.4) is 0 Å². The van der Waals surface area contributed by atoms with E-state index in [2.05, 4.69) is 0 Å². The number of benzene rings is 1. The molecule has 1 atom stereocenters. The molecule has 0 saturated heterocycles. The van der Waals surface area contributed by atoms with E-state index >= 15 is 0 Å². The van der Waals surface area contributed by atoms with E-state index in [1.807, 2.05) is 19.0 Å². The number of likely N-dealkylation sites (N-methyl/N-ethyl adjacent to an activating group) is 1. The summed E-state index contributed by atoms with van der Waals surface area (Å²) in [6.45, 7) is 1.31. The van der Waals surface area contributed by atoms with Crippen molar-refractivity contribution < 1.29 is 34.3 Å². The van der Waals surface area contributed by atoms with E-state index in [4.69, 9.17) is 14.9 Å². The van der Waals surface area contributed by atoms with Crippen molar-refractivity contribution in [3.63, 3.8) is 0 Å². The lowest BCUT2D eigenvalue weighted by Crippen LogP contribution is -2.35. The molecule has 2 N–H and O–H groups in total. The lowest BCUT2D eigenvalue weighted by Gasteiger charge is -2.22. The third kappa shape index (κ3) is 7.97. The molecular formula is C18H23N3O8. The van der Waals surface area contributed by atoms with Gasteiger partial charge in [-0.05, 0) is 26.6 Å². The van der Waals surface area contributed by atoms with Crippen molar-refractivity contribution in [2.45, 2.75) is 12.5 Å². The van der Waals surface area contributed by atoms with Gasteiger partial charge in [0.25, 0.3) is 11.6 Å². The first kappa shape index (κ1) is 23.6. The van der Waals surface area contributed by atoms with Crippen LogP contribution in [0, 0.1) is 10.1 Å². The Morgan fingerprint density at radius 2 is 1.90 bits per heavy atom. The van der Waals surface area contributed by atoms with Crippen LogP contribution >= 0.6 is 0 Å². The van der Waals surface area contributed by atoms with Crippen molar-refractivity contribution in [2.75, 3.05) is 34.2 Å². The van der Waals surface area contributed by atoms with E-state index in [9.17, 15) is 24.5 Å². The Kier molecular flexibility index (Phi) is 8.74. The molecule has 0 radical (unpaired) electrons. The molecule has 11 nitrogen and oxygen atoms in total. The molecule has 0 spiro atoms. The highest BCUT2D eigenvalue weighted by Crippen LogP contribution is 2.29. The molecule has 2 rings (SSSR count). The molecule has 0 bridgehead atoms. The monoisotopic (exact) mass is 409 g/mol. The molecule has 1 aliphatic rings. The van der Waals surface area contributed by atoms with Gasteiger partial charge in [-0.25, -0.2) is 9.59 Å². The van der Waals surface area contributed by atoms with Crippen LogP contribution in [-0.4, -0.2) is 83.1 Å². The zero-order valence-corrected chi connectivity index (χ0v) is 16.3. The number of aliphatic carboxylic acids is 2. The molecule has 11 heteroatoms. The number of carboxylic acid groups (broad SMARTS) is 2. The van der Waals surface area contributed by atoms with Gasteiger partial charge in [-0.1, -0.05) is 0 Å². The quantitative estimate of drug-likeness (QED) is 0.400. The lowest BCUT2D eigenvalue weighted by molar-refractivity contribution is -0.384. The maximum absolute atomic E-state index is 12.3. The number of ether oxygens (including phenoxy) is 1. The Balaban J connectivity index is 0.000000447. The SMILES string of the molecule is CN(C)CCC1CN(C)C(=O)c2cc([N+](=O)[O-])ccc2O1.O=C(O)/C=C/C(=O)O. The summed E-state index contributed by atoms with van der Waals surface area (Å²) in [7, 11) is 5.63. The van der Waals surface area contributed by atoms with Crippen LogP contribution in [0.2, 0.25) is 0 Å². The van der Waals surface area contributed by atoms with Gasteiger partial charge < -0.3 is 24.7 Å². The molecular weight excluding hydrogens is 386 g/mol. The summed E-state index contributed by atoms with van der Waals surface area (Å²) in [5, 5.41) is 26.5. The second kappa shape index (κ2) is 10.8. The van der Waals surface area contributed by atoms with Crippen molar-refractivity contribution in [1.82, 2.24) is 9.80 Å². The standard InChI is InChI=1S/C14H19N3O4.C4H4O4/c1-15(2)7-6-11-9-16(3)14(18)12-8-10(17(19)20)4-5-13(12)21-11;5-3(6)1-2-4(7)8/h4-5,8,11H,6-7,9H2,1-3H3;1-2H,(H,5,6)(H,7,8)/b;2-1+. The van der Waals surface area contributed by atoms with Gasteiger partial charge in [0.2, 0.25) is 0 Å². The zero-order chi connectivity index (χ0) is 22.1. The first-order chi connectivity index (χ1) is 13.5. The van der Waals surface area contributed by atoms with Crippen LogP contribution in [-0.2, 0) is 9.59 Å². The van der Waals surface area contributed by atoms with Gasteiger partial charge in [0.1, 0.15) is 11.9 Å². The molecule has 1 heterocycles. The Morgan fingerprint density at radius 3 is 2.38 bits per heavy atom. The minimum atomic E-state index is -1.26. The van der Waals surface area contributed by atoms with Crippen molar-refractivity contribution in [3.8, 4) is 5.75 Å². The van der Waals surface area contributed by atoms with Gasteiger partial charge in [-0.2, -0.15) is 0 Å². The molecule has 158 valence electrons. The molecule has 0 fully saturated rings. The first-order valence-corrected chi connectivity index (χ1v) is 8.50. The summed E-state index contributed by atoms with van der Waals surface area (Å²) < 4.78 is 5.87. The van der Waals surface area contributed by atoms with Crippen molar-refractivity contribution in [2.24, 2.45) is 0 Å². The largest absolute Gasteiger partial charge is 0.488 e. The highest BCUT2D eigenvalue weighted by Gasteiger charge is 2.28. The molecule has 1 aliphatic heterocycles. The Bertz CT molecular complexity index is 790. The number of nitro groups is 1. The molecule has 0 saturated carbocycles. The van der Waals surface area contributed by atoms with Crippen LogP contribution in [0.4, 0.5) is 5.69 Å². The van der Waals surface area contributed by atoms with Gasteiger partial charge in [0.05, 0.1) is 17.0 Å². The van der Waals surface area contributed by atoms with E-state index in [1.54, 1.807) is 11.9 Å². The van der Waals surface area contributed by atoms with Crippen LogP contribution in [0.25, 0.3) is 0 Å². The topological polar surface area (TPSA) is 151 Å². The van der Waals surface area contributed by atoms with E-state index in [0.29, 0.717) is 24.4 Å². The number of carboxylic acids is 2. The average molecular weight is 409 g/mol. The van der Waals surface area contributed by atoms with Crippen molar-refractivity contribution in [3.05, 3.63) is 46.0 Å². The van der Waals surface area contributed by atoms with E-state index in [0.717, 1.165) is 13.0 Å². The molecule has 1 amide bonds. The Hall–Kier alpha value is -3.47. The number of hydrogen-bond acceptors (Lipinski definition) is 7. The number of hydrogen-bond donors (Lipinski definition) is 2. The average Bonchev–Trinajstić information content (AvgIpc) is 2.75. The fraction of sp³-hybridized carbons (Fsp3) is 0.389. The maximum Gasteiger partial charge on any atom is 0.328 e. The van der Waals surface area contributed by atoms with E-state index in [1.165, 1.54) is 18.2 Å². The van der Waals surface area contributed by atoms with Crippen LogP contribution in [0.1, 0.15) is 16.8 Å². The van der Waals surface area contributed by atoms with Crippen molar-refractivity contribution >= 4 is 23.5 Å². The number of non-ortho nitro benzene ring substituents is 1. The first-order valence-electron chi connectivity index (χ1n) is 8.50. The lowest BCUT2D eigenvalue weighted by atomic mass is 10.1. The Morgan fingerprint density at radius 1 is 1.31 bits per heavy atom. The summed E-state index contributed by atoms with van der Waals surface area (Å²) in [5.74, 6) is -2.35. The highest BCUT2D eigenvalue weighted by atomic mass is 16.6. The number of amides is 1. The smallest absolute Gasteiger partial charge is 0.328 e. The summed E-state index contributed by atoms with van der Waals surface area (Å²) in [6.07, 6.45) is 1.77. The number of nitro benzene ring substituents is 1. The number of fused-ring (bicyclic) bond motifs is 1. The second-order valence-corrected chi connectivity index (χ2v) is 6.46. The summed E-state index contributed by atoms with van der Waals surface area (Å²) in [5.41, 5.74) is 0.143. The Labute approximate surface area is 166 Å². The molecule has 1 aromatic carbocycles. The van der Waals surface area contributed by atoms with E-state index in [-0.39, 0.29) is 23.3 Å². The predicted octanol–water partition coefficient (Wildman–Crippen LogP) is 1.09. The van der Waals surface area contributed by atoms with E-state index < -0.39 is 16.9 Å². The van der Waals surface area contributed by atoms with Gasteiger partial charge in [-0.3, -0.25) is 14.9 Å². The summed E-state index contributed by atoms with van der Waals surface area (Å²) in [6, 6.07) is 4.15. The van der Waals surface area contributed by atoms with Crippen LogP contribution < -0.4 is 4.74 Å². The normalized spacial score (nSPS) is 15.8. The zero-order valence-electron chi connectivity index (χ0n) is 16.3. The van der Waals surface area contributed by atoms with Gasteiger partial charge in [0.15, 0.2) is 0 Å². The molecule has 0 aliphatic carbocycles. The fourth-order valence-corrected chi connectivity index (χ4v) is 2.41. The maximum atomic E-state index is 12.3. The number of nitrogens with zero attached hydrogens (tertiary/aromatic N) is 3. The summed E-state index contributed by atoms with van der Waals surface area (Å²) >= 11 is 0.